The highest BCUT2D eigenvalue weighted by Gasteiger charge is 2.28. The fraction of sp³-hybridized carbons (Fsp3) is 0.364. The Morgan fingerprint density at radius 1 is 1.25 bits per heavy atom. The zero-order chi connectivity index (χ0) is 22.2. The van der Waals surface area contributed by atoms with Crippen LogP contribution in [0.2, 0.25) is 0 Å². The van der Waals surface area contributed by atoms with Gasteiger partial charge in [-0.05, 0) is 43.4 Å². The molecule has 166 valence electrons. The normalized spacial score (nSPS) is 15.7. The molecule has 0 atom stereocenters. The number of methoxy groups -OCH3 is 1. The van der Waals surface area contributed by atoms with Gasteiger partial charge in [0.2, 0.25) is 5.91 Å². The molecule has 0 bridgehead atoms. The summed E-state index contributed by atoms with van der Waals surface area (Å²) in [5.74, 6) is 0.245. The van der Waals surface area contributed by atoms with E-state index in [2.05, 4.69) is 5.32 Å². The first-order chi connectivity index (χ1) is 15.6. The molecule has 3 aromatic rings. The summed E-state index contributed by atoms with van der Waals surface area (Å²) in [6.07, 6.45) is 4.03. The van der Waals surface area contributed by atoms with Crippen molar-refractivity contribution in [1.82, 2.24) is 19.8 Å². The van der Waals surface area contributed by atoms with Crippen LogP contribution in [0.5, 0.6) is 5.75 Å². The third kappa shape index (κ3) is 3.57. The number of carbonyl (C=O) groups is 2. The Morgan fingerprint density at radius 3 is 2.84 bits per heavy atom. The summed E-state index contributed by atoms with van der Waals surface area (Å²) in [6.45, 7) is 0.799. The molecule has 1 aliphatic carbocycles. The lowest BCUT2D eigenvalue weighted by Crippen LogP contribution is -2.35. The maximum absolute atomic E-state index is 13.8. The van der Waals surface area contributed by atoms with Crippen molar-refractivity contribution in [3.05, 3.63) is 45.1 Å². The molecule has 3 amide bonds. The minimum Gasteiger partial charge on any atom is -0.495 e. The zero-order valence-corrected chi connectivity index (χ0v) is 19.2. The second kappa shape index (κ2) is 8.59. The molecule has 1 fully saturated rings. The number of benzene rings is 1. The molecule has 5 rings (SSSR count). The van der Waals surface area contributed by atoms with Gasteiger partial charge in [0, 0.05) is 18.0 Å². The lowest BCUT2D eigenvalue weighted by Gasteiger charge is -2.16. The number of amides is 3. The van der Waals surface area contributed by atoms with E-state index in [9.17, 15) is 14.4 Å². The maximum Gasteiger partial charge on any atom is 0.324 e. The number of hydrogen-bond donors (Lipinski definition) is 1. The lowest BCUT2D eigenvalue weighted by atomic mass is 9.97. The van der Waals surface area contributed by atoms with E-state index in [1.807, 2.05) is 18.2 Å². The number of hydrogen-bond acceptors (Lipinski definition) is 7. The number of thioether (sulfide) groups is 1. The molecule has 0 spiro atoms. The largest absolute Gasteiger partial charge is 0.495 e. The number of carbonyl (C=O) groups excluding carboxylic acids is 2. The van der Waals surface area contributed by atoms with Gasteiger partial charge in [0.1, 0.15) is 10.6 Å². The Labute approximate surface area is 192 Å². The van der Waals surface area contributed by atoms with Gasteiger partial charge in [0.05, 0.1) is 23.9 Å². The third-order valence-electron chi connectivity index (χ3n) is 5.77. The highest BCUT2D eigenvalue weighted by molar-refractivity contribution is 7.99. The van der Waals surface area contributed by atoms with Crippen LogP contribution in [0.3, 0.4) is 0 Å². The van der Waals surface area contributed by atoms with Crippen LogP contribution >= 0.6 is 23.1 Å². The van der Waals surface area contributed by atoms with E-state index < -0.39 is 0 Å². The Bertz CT molecular complexity index is 1280. The summed E-state index contributed by atoms with van der Waals surface area (Å²) < 4.78 is 7.06. The number of nitrogens with zero attached hydrogens (tertiary/aromatic N) is 3. The number of rotatable bonds is 5. The summed E-state index contributed by atoms with van der Waals surface area (Å²) in [5, 5.41) is 3.72. The Balaban J connectivity index is 1.62. The Morgan fingerprint density at radius 2 is 2.06 bits per heavy atom. The average Bonchev–Trinajstić information content (AvgIpc) is 3.40. The van der Waals surface area contributed by atoms with Crippen molar-refractivity contribution < 1.29 is 14.3 Å². The lowest BCUT2D eigenvalue weighted by molar-refractivity contribution is -0.124. The molecule has 32 heavy (non-hydrogen) atoms. The molecule has 3 heterocycles. The van der Waals surface area contributed by atoms with E-state index in [0.717, 1.165) is 43.0 Å². The first-order valence-electron chi connectivity index (χ1n) is 10.5. The molecular formula is C22H22N4O4S2. The summed E-state index contributed by atoms with van der Waals surface area (Å²) in [5.41, 5.74) is 1.55. The predicted octanol–water partition coefficient (Wildman–Crippen LogP) is 2.98. The maximum atomic E-state index is 13.8. The van der Waals surface area contributed by atoms with E-state index >= 15 is 0 Å². The summed E-state index contributed by atoms with van der Waals surface area (Å²) >= 11 is 2.74. The molecule has 0 radical (unpaired) electrons. The number of ether oxygens (including phenoxy) is 1. The van der Waals surface area contributed by atoms with Gasteiger partial charge >= 0.3 is 6.03 Å². The van der Waals surface area contributed by atoms with Crippen molar-refractivity contribution in [2.24, 2.45) is 0 Å². The van der Waals surface area contributed by atoms with E-state index in [4.69, 9.17) is 9.72 Å². The van der Waals surface area contributed by atoms with Gasteiger partial charge in [-0.15, -0.1) is 11.3 Å². The van der Waals surface area contributed by atoms with Gasteiger partial charge in [-0.1, -0.05) is 23.9 Å². The van der Waals surface area contributed by atoms with E-state index in [1.165, 1.54) is 9.78 Å². The van der Waals surface area contributed by atoms with Crippen LogP contribution in [0.25, 0.3) is 15.9 Å². The Kier molecular flexibility index (Phi) is 5.64. The van der Waals surface area contributed by atoms with Crippen LogP contribution in [0, 0.1) is 0 Å². The van der Waals surface area contributed by atoms with E-state index in [-0.39, 0.29) is 23.3 Å². The summed E-state index contributed by atoms with van der Waals surface area (Å²) in [6, 6.07) is 6.90. The third-order valence-corrected chi connectivity index (χ3v) is 7.88. The number of para-hydroxylation sites is 2. The van der Waals surface area contributed by atoms with Gasteiger partial charge in [-0.25, -0.2) is 9.78 Å². The molecule has 2 aliphatic rings. The second-order valence-electron chi connectivity index (χ2n) is 7.66. The van der Waals surface area contributed by atoms with Gasteiger partial charge in [0.15, 0.2) is 5.16 Å². The molecule has 1 aromatic carbocycles. The van der Waals surface area contributed by atoms with Crippen molar-refractivity contribution >= 4 is 45.3 Å². The van der Waals surface area contributed by atoms with Crippen LogP contribution in [-0.2, 0) is 17.6 Å². The first-order valence-corrected chi connectivity index (χ1v) is 12.3. The van der Waals surface area contributed by atoms with Crippen molar-refractivity contribution in [2.75, 3.05) is 26.0 Å². The molecule has 2 aromatic heterocycles. The molecule has 0 saturated carbocycles. The van der Waals surface area contributed by atoms with Crippen LogP contribution in [0.15, 0.2) is 34.2 Å². The van der Waals surface area contributed by atoms with Crippen LogP contribution in [0.4, 0.5) is 4.79 Å². The minimum atomic E-state index is -0.382. The van der Waals surface area contributed by atoms with Gasteiger partial charge in [-0.2, -0.15) is 0 Å². The number of aryl methyl sites for hydroxylation is 2. The molecule has 8 nitrogen and oxygen atoms in total. The molecule has 0 unspecified atom stereocenters. The molecule has 1 saturated heterocycles. The number of thiophene rings is 1. The van der Waals surface area contributed by atoms with Crippen LogP contribution in [0.1, 0.15) is 23.3 Å². The molecule has 10 heteroatoms. The fourth-order valence-corrected chi connectivity index (χ4v) is 6.41. The first kappa shape index (κ1) is 21.0. The standard InChI is InChI=1S/C22H22N4O4S2/c1-30-15-8-4-3-7-14(15)26-20(28)18-13-6-2-5-9-16(13)32-19(18)24-22(26)31-12-17(27)25-11-10-23-21(25)29/h3-4,7-8H,2,5-6,9-12H2,1H3,(H,23,29). The van der Waals surface area contributed by atoms with Crippen LogP contribution < -0.4 is 15.6 Å². The quantitative estimate of drug-likeness (QED) is 0.455. The van der Waals surface area contributed by atoms with Crippen molar-refractivity contribution in [1.29, 1.82) is 0 Å². The van der Waals surface area contributed by atoms with E-state index in [0.29, 0.717) is 39.9 Å². The minimum absolute atomic E-state index is 0.00556. The van der Waals surface area contributed by atoms with Crippen molar-refractivity contribution in [3.63, 3.8) is 0 Å². The van der Waals surface area contributed by atoms with E-state index in [1.54, 1.807) is 29.1 Å². The molecule has 1 aliphatic heterocycles. The second-order valence-corrected chi connectivity index (χ2v) is 9.69. The highest BCUT2D eigenvalue weighted by atomic mass is 32.2. The van der Waals surface area contributed by atoms with Gasteiger partial charge in [-0.3, -0.25) is 19.1 Å². The SMILES string of the molecule is COc1ccccc1-n1c(SCC(=O)N2CCNC2=O)nc2sc3c(c2c1=O)CCCC3. The number of fused-ring (bicyclic) bond motifs is 3. The van der Waals surface area contributed by atoms with Crippen molar-refractivity contribution in [2.45, 2.75) is 30.8 Å². The average molecular weight is 471 g/mol. The summed E-state index contributed by atoms with van der Waals surface area (Å²) in [4.78, 5) is 46.2. The molecular weight excluding hydrogens is 448 g/mol. The fourth-order valence-electron chi connectivity index (χ4n) is 4.22. The predicted molar refractivity (Wildman–Crippen MR) is 124 cm³/mol. The van der Waals surface area contributed by atoms with Gasteiger partial charge in [0.25, 0.3) is 5.56 Å². The molecule has 1 N–H and O–H groups in total. The topological polar surface area (TPSA) is 93.5 Å². The van der Waals surface area contributed by atoms with Crippen molar-refractivity contribution in [3.8, 4) is 11.4 Å². The smallest absolute Gasteiger partial charge is 0.324 e. The highest BCUT2D eigenvalue weighted by Crippen LogP contribution is 2.36. The summed E-state index contributed by atoms with van der Waals surface area (Å²) in [7, 11) is 1.56. The Hall–Kier alpha value is -2.85. The number of aromatic nitrogens is 2. The number of imide groups is 1. The monoisotopic (exact) mass is 470 g/mol. The zero-order valence-electron chi connectivity index (χ0n) is 17.6. The number of nitrogens with one attached hydrogen (secondary N) is 1. The van der Waals surface area contributed by atoms with Gasteiger partial charge < -0.3 is 10.1 Å². The van der Waals surface area contributed by atoms with Crippen LogP contribution in [-0.4, -0.2) is 52.3 Å². The number of urea groups is 1.